The lowest BCUT2D eigenvalue weighted by molar-refractivity contribution is 0.0741. The van der Waals surface area contributed by atoms with Crippen molar-refractivity contribution in [2.45, 2.75) is 19.4 Å². The summed E-state index contributed by atoms with van der Waals surface area (Å²) < 4.78 is 0. The zero-order valence-electron chi connectivity index (χ0n) is 11.0. The normalized spacial score (nSPS) is 11.8. The molecule has 1 atom stereocenters. The lowest BCUT2D eigenvalue weighted by Gasteiger charge is -2.22. The molecule has 0 bridgehead atoms. The van der Waals surface area contributed by atoms with Crippen LogP contribution < -0.4 is 0 Å². The average molecular weight is 253 g/mol. The second kappa shape index (κ2) is 5.49. The SMILES string of the molecule is CC(CC#N)N(C)C(=O)c1ccc2ccccc2n1. The molecule has 1 aromatic carbocycles. The Morgan fingerprint density at radius 1 is 1.37 bits per heavy atom. The van der Waals surface area contributed by atoms with E-state index in [4.69, 9.17) is 5.26 Å². The van der Waals surface area contributed by atoms with Gasteiger partial charge in [-0.05, 0) is 19.1 Å². The largest absolute Gasteiger partial charge is 0.337 e. The van der Waals surface area contributed by atoms with Crippen molar-refractivity contribution in [2.75, 3.05) is 7.05 Å². The molecule has 2 rings (SSSR count). The number of aromatic nitrogens is 1. The van der Waals surface area contributed by atoms with Crippen LogP contribution in [0.3, 0.4) is 0 Å². The maximum Gasteiger partial charge on any atom is 0.272 e. The fourth-order valence-electron chi connectivity index (χ4n) is 1.84. The monoisotopic (exact) mass is 253 g/mol. The number of hydrogen-bond acceptors (Lipinski definition) is 3. The van der Waals surface area contributed by atoms with E-state index in [2.05, 4.69) is 11.1 Å². The highest BCUT2D eigenvalue weighted by Gasteiger charge is 2.18. The molecule has 0 N–H and O–H groups in total. The summed E-state index contributed by atoms with van der Waals surface area (Å²) >= 11 is 0. The third kappa shape index (κ3) is 2.71. The summed E-state index contributed by atoms with van der Waals surface area (Å²) in [5.74, 6) is -0.159. The molecule has 0 aliphatic rings. The van der Waals surface area contributed by atoms with E-state index in [9.17, 15) is 4.79 Å². The number of nitriles is 1. The Hall–Kier alpha value is -2.41. The van der Waals surface area contributed by atoms with Gasteiger partial charge in [-0.1, -0.05) is 24.3 Å². The van der Waals surface area contributed by atoms with Gasteiger partial charge >= 0.3 is 0 Å². The molecule has 0 saturated carbocycles. The van der Waals surface area contributed by atoms with Crippen molar-refractivity contribution in [2.24, 2.45) is 0 Å². The predicted octanol–water partition coefficient (Wildman–Crippen LogP) is 2.61. The number of nitrogens with zero attached hydrogens (tertiary/aromatic N) is 3. The molecule has 19 heavy (non-hydrogen) atoms. The summed E-state index contributed by atoms with van der Waals surface area (Å²) in [4.78, 5) is 18.2. The van der Waals surface area contributed by atoms with Crippen molar-refractivity contribution in [3.05, 3.63) is 42.1 Å². The number of para-hydroxylation sites is 1. The first kappa shape index (κ1) is 13.0. The molecular weight excluding hydrogens is 238 g/mol. The van der Waals surface area contributed by atoms with E-state index < -0.39 is 0 Å². The van der Waals surface area contributed by atoms with Gasteiger partial charge in [0.25, 0.3) is 5.91 Å². The van der Waals surface area contributed by atoms with Crippen molar-refractivity contribution in [1.29, 1.82) is 5.26 Å². The van der Waals surface area contributed by atoms with Crippen molar-refractivity contribution in [1.82, 2.24) is 9.88 Å². The Morgan fingerprint density at radius 2 is 2.11 bits per heavy atom. The Morgan fingerprint density at radius 3 is 2.84 bits per heavy atom. The third-order valence-corrected chi connectivity index (χ3v) is 3.19. The van der Waals surface area contributed by atoms with Crippen LogP contribution in [-0.2, 0) is 0 Å². The molecular formula is C15H15N3O. The van der Waals surface area contributed by atoms with Crippen LogP contribution in [0.25, 0.3) is 10.9 Å². The molecule has 0 spiro atoms. The zero-order valence-corrected chi connectivity index (χ0v) is 11.0. The van der Waals surface area contributed by atoms with Crippen LogP contribution in [0.15, 0.2) is 36.4 Å². The molecule has 0 fully saturated rings. The summed E-state index contributed by atoms with van der Waals surface area (Å²) in [5, 5.41) is 9.68. The fraction of sp³-hybridized carbons (Fsp3) is 0.267. The highest BCUT2D eigenvalue weighted by atomic mass is 16.2. The van der Waals surface area contributed by atoms with Crippen molar-refractivity contribution >= 4 is 16.8 Å². The number of fused-ring (bicyclic) bond motifs is 1. The van der Waals surface area contributed by atoms with Crippen LogP contribution >= 0.6 is 0 Å². The van der Waals surface area contributed by atoms with Gasteiger partial charge in [-0.2, -0.15) is 5.26 Å². The fourth-order valence-corrected chi connectivity index (χ4v) is 1.84. The first-order chi connectivity index (χ1) is 9.13. The number of benzene rings is 1. The minimum Gasteiger partial charge on any atom is -0.337 e. The summed E-state index contributed by atoms with van der Waals surface area (Å²) in [5.41, 5.74) is 1.21. The summed E-state index contributed by atoms with van der Waals surface area (Å²) in [6.07, 6.45) is 0.315. The van der Waals surface area contributed by atoms with Gasteiger partial charge in [0.15, 0.2) is 0 Å². The summed E-state index contributed by atoms with van der Waals surface area (Å²) in [6, 6.07) is 13.2. The molecule has 0 radical (unpaired) electrons. The van der Waals surface area contributed by atoms with Gasteiger partial charge in [-0.3, -0.25) is 4.79 Å². The number of carbonyl (C=O) groups is 1. The second-order valence-corrected chi connectivity index (χ2v) is 4.52. The van der Waals surface area contributed by atoms with E-state index in [0.717, 1.165) is 10.9 Å². The van der Waals surface area contributed by atoms with Gasteiger partial charge in [-0.15, -0.1) is 0 Å². The number of hydrogen-bond donors (Lipinski definition) is 0. The highest BCUT2D eigenvalue weighted by Crippen LogP contribution is 2.14. The zero-order chi connectivity index (χ0) is 13.8. The minimum atomic E-state index is -0.159. The molecule has 0 aliphatic carbocycles. The number of carbonyl (C=O) groups excluding carboxylic acids is 1. The Balaban J connectivity index is 2.29. The average Bonchev–Trinajstić information content (AvgIpc) is 2.45. The quantitative estimate of drug-likeness (QED) is 0.844. The maximum atomic E-state index is 12.3. The van der Waals surface area contributed by atoms with Crippen LogP contribution in [0, 0.1) is 11.3 Å². The molecule has 96 valence electrons. The minimum absolute atomic E-state index is 0.120. The summed E-state index contributed by atoms with van der Waals surface area (Å²) in [6.45, 7) is 1.85. The van der Waals surface area contributed by atoms with Gasteiger partial charge in [0, 0.05) is 18.5 Å². The highest BCUT2D eigenvalue weighted by molar-refractivity contribution is 5.94. The number of amides is 1. The van der Waals surface area contributed by atoms with E-state index in [0.29, 0.717) is 12.1 Å². The van der Waals surface area contributed by atoms with E-state index >= 15 is 0 Å². The first-order valence-corrected chi connectivity index (χ1v) is 6.13. The van der Waals surface area contributed by atoms with Gasteiger partial charge in [0.2, 0.25) is 0 Å². The smallest absolute Gasteiger partial charge is 0.272 e. The van der Waals surface area contributed by atoms with E-state index in [1.807, 2.05) is 37.3 Å². The van der Waals surface area contributed by atoms with Gasteiger partial charge < -0.3 is 4.90 Å². The van der Waals surface area contributed by atoms with Gasteiger partial charge in [0.05, 0.1) is 18.0 Å². The van der Waals surface area contributed by atoms with Crippen LogP contribution in [0.2, 0.25) is 0 Å². The Kier molecular flexibility index (Phi) is 3.76. The molecule has 1 heterocycles. The Bertz CT molecular complexity index is 645. The number of rotatable bonds is 3. The second-order valence-electron chi connectivity index (χ2n) is 4.52. The lowest BCUT2D eigenvalue weighted by Crippen LogP contribution is -2.35. The van der Waals surface area contributed by atoms with Crippen LogP contribution in [0.4, 0.5) is 0 Å². The van der Waals surface area contributed by atoms with Crippen molar-refractivity contribution in [3.8, 4) is 6.07 Å². The molecule has 4 nitrogen and oxygen atoms in total. The molecule has 1 amide bonds. The number of pyridine rings is 1. The van der Waals surface area contributed by atoms with Crippen LogP contribution in [0.5, 0.6) is 0 Å². The standard InChI is InChI=1S/C15H15N3O/c1-11(9-10-16)18(2)15(19)14-8-7-12-5-3-4-6-13(12)17-14/h3-8,11H,9H2,1-2H3. The molecule has 4 heteroatoms. The molecule has 1 unspecified atom stereocenters. The van der Waals surface area contributed by atoms with Crippen molar-refractivity contribution in [3.63, 3.8) is 0 Å². The van der Waals surface area contributed by atoms with E-state index in [-0.39, 0.29) is 11.9 Å². The van der Waals surface area contributed by atoms with Gasteiger partial charge in [0.1, 0.15) is 5.69 Å². The Labute approximate surface area is 112 Å². The maximum absolute atomic E-state index is 12.3. The summed E-state index contributed by atoms with van der Waals surface area (Å²) in [7, 11) is 1.70. The topological polar surface area (TPSA) is 57.0 Å². The van der Waals surface area contributed by atoms with E-state index in [1.54, 1.807) is 18.0 Å². The molecule has 2 aromatic rings. The first-order valence-electron chi connectivity index (χ1n) is 6.13. The van der Waals surface area contributed by atoms with E-state index in [1.165, 1.54) is 0 Å². The third-order valence-electron chi connectivity index (χ3n) is 3.19. The van der Waals surface area contributed by atoms with Gasteiger partial charge in [-0.25, -0.2) is 4.98 Å². The van der Waals surface area contributed by atoms with Crippen molar-refractivity contribution < 1.29 is 4.79 Å². The molecule has 0 saturated heterocycles. The molecule has 0 aliphatic heterocycles. The van der Waals surface area contributed by atoms with Crippen LogP contribution in [-0.4, -0.2) is 28.9 Å². The predicted molar refractivity (Wildman–Crippen MR) is 73.5 cm³/mol. The van der Waals surface area contributed by atoms with Crippen LogP contribution in [0.1, 0.15) is 23.8 Å². The lowest BCUT2D eigenvalue weighted by atomic mass is 10.1. The molecule has 1 aromatic heterocycles.